The lowest BCUT2D eigenvalue weighted by molar-refractivity contribution is 0.0695. The van der Waals surface area contributed by atoms with Gasteiger partial charge in [0.1, 0.15) is 6.07 Å². The Hall–Kier alpha value is -2.15. The van der Waals surface area contributed by atoms with Crippen molar-refractivity contribution >= 4 is 12.3 Å². The minimum Gasteiger partial charge on any atom is -0.478 e. The standard InChI is InChI=1S/C10H7NO3/c1-6-8(10(13)14)3-2-7(5-12)9(6)4-11/h2-3,5H,1H3,(H,13,14). The van der Waals surface area contributed by atoms with Gasteiger partial charge in [0.15, 0.2) is 6.29 Å². The molecule has 1 N–H and O–H groups in total. The van der Waals surface area contributed by atoms with Crippen molar-refractivity contribution in [2.45, 2.75) is 6.92 Å². The molecule has 0 aliphatic rings. The Balaban J connectivity index is 3.52. The highest BCUT2D eigenvalue weighted by Gasteiger charge is 2.13. The maximum Gasteiger partial charge on any atom is 0.335 e. The number of carbonyl (C=O) groups is 2. The fourth-order valence-corrected chi connectivity index (χ4v) is 1.21. The van der Waals surface area contributed by atoms with Crippen LogP contribution in [0.15, 0.2) is 12.1 Å². The SMILES string of the molecule is Cc1c(C(=O)O)ccc(C=O)c1C#N. The highest BCUT2D eigenvalue weighted by Crippen LogP contribution is 2.16. The van der Waals surface area contributed by atoms with Gasteiger partial charge < -0.3 is 5.11 Å². The number of carboxylic acid groups (broad SMARTS) is 1. The first-order valence-electron chi connectivity index (χ1n) is 3.84. The van der Waals surface area contributed by atoms with Crippen molar-refractivity contribution in [1.29, 1.82) is 5.26 Å². The number of nitriles is 1. The predicted molar refractivity (Wildman–Crippen MR) is 48.2 cm³/mol. The smallest absolute Gasteiger partial charge is 0.335 e. The summed E-state index contributed by atoms with van der Waals surface area (Å²) in [6.45, 7) is 1.51. The second-order valence-corrected chi connectivity index (χ2v) is 2.74. The Bertz CT molecular complexity index is 443. The fourth-order valence-electron chi connectivity index (χ4n) is 1.21. The van der Waals surface area contributed by atoms with E-state index in [0.717, 1.165) is 0 Å². The highest BCUT2D eigenvalue weighted by atomic mass is 16.4. The molecule has 1 aromatic carbocycles. The van der Waals surface area contributed by atoms with Crippen LogP contribution in [0.25, 0.3) is 0 Å². The second kappa shape index (κ2) is 3.71. The summed E-state index contributed by atoms with van der Waals surface area (Å²) >= 11 is 0. The van der Waals surface area contributed by atoms with Crippen LogP contribution in [0.1, 0.15) is 31.8 Å². The molecule has 0 spiro atoms. The largest absolute Gasteiger partial charge is 0.478 e. The molecule has 4 heteroatoms. The van der Waals surface area contributed by atoms with E-state index in [9.17, 15) is 9.59 Å². The van der Waals surface area contributed by atoms with Gasteiger partial charge in [0, 0.05) is 5.56 Å². The summed E-state index contributed by atoms with van der Waals surface area (Å²) in [6, 6.07) is 4.47. The van der Waals surface area contributed by atoms with Gasteiger partial charge in [0.25, 0.3) is 0 Å². The molecule has 1 rings (SSSR count). The number of benzene rings is 1. The number of nitrogens with zero attached hydrogens (tertiary/aromatic N) is 1. The third kappa shape index (κ3) is 1.48. The van der Waals surface area contributed by atoms with Gasteiger partial charge in [-0.05, 0) is 24.6 Å². The Morgan fingerprint density at radius 3 is 2.64 bits per heavy atom. The maximum absolute atomic E-state index is 10.7. The summed E-state index contributed by atoms with van der Waals surface area (Å²) < 4.78 is 0. The summed E-state index contributed by atoms with van der Waals surface area (Å²) in [5.74, 6) is -1.10. The highest BCUT2D eigenvalue weighted by molar-refractivity contribution is 5.92. The Kier molecular flexibility index (Phi) is 2.63. The van der Waals surface area contributed by atoms with E-state index in [2.05, 4.69) is 0 Å². The van der Waals surface area contributed by atoms with Crippen LogP contribution in [0.3, 0.4) is 0 Å². The van der Waals surface area contributed by atoms with Gasteiger partial charge in [0.2, 0.25) is 0 Å². The number of hydrogen-bond acceptors (Lipinski definition) is 3. The lowest BCUT2D eigenvalue weighted by atomic mass is 9.98. The third-order valence-electron chi connectivity index (χ3n) is 1.97. The fraction of sp³-hybridized carbons (Fsp3) is 0.100. The number of hydrogen-bond donors (Lipinski definition) is 1. The van der Waals surface area contributed by atoms with E-state index in [-0.39, 0.29) is 16.7 Å². The molecule has 70 valence electrons. The zero-order valence-corrected chi connectivity index (χ0v) is 7.44. The molecule has 0 unspecified atom stereocenters. The van der Waals surface area contributed by atoms with Crippen LogP contribution in [-0.2, 0) is 0 Å². The summed E-state index contributed by atoms with van der Waals surface area (Å²) in [5, 5.41) is 17.5. The molecule has 0 atom stereocenters. The molecule has 0 radical (unpaired) electrons. The zero-order valence-electron chi connectivity index (χ0n) is 7.44. The minimum atomic E-state index is -1.10. The Labute approximate surface area is 80.4 Å². The summed E-state index contributed by atoms with van der Waals surface area (Å²) in [4.78, 5) is 21.2. The maximum atomic E-state index is 10.7. The van der Waals surface area contributed by atoms with Crippen LogP contribution in [-0.4, -0.2) is 17.4 Å². The minimum absolute atomic E-state index is 0.0483. The molecule has 0 saturated heterocycles. The van der Waals surface area contributed by atoms with Crippen LogP contribution in [0.2, 0.25) is 0 Å². The summed E-state index contributed by atoms with van der Waals surface area (Å²) in [5.41, 5.74) is 0.714. The van der Waals surface area contributed by atoms with Gasteiger partial charge in [-0.3, -0.25) is 4.79 Å². The normalized spacial score (nSPS) is 9.14. The summed E-state index contributed by atoms with van der Waals surface area (Å²) in [6.07, 6.45) is 0.539. The van der Waals surface area contributed by atoms with Crippen molar-refractivity contribution in [2.75, 3.05) is 0 Å². The Morgan fingerprint density at radius 2 is 2.21 bits per heavy atom. The van der Waals surface area contributed by atoms with Crippen molar-refractivity contribution in [3.8, 4) is 6.07 Å². The van der Waals surface area contributed by atoms with Gasteiger partial charge >= 0.3 is 5.97 Å². The van der Waals surface area contributed by atoms with Crippen molar-refractivity contribution < 1.29 is 14.7 Å². The van der Waals surface area contributed by atoms with E-state index < -0.39 is 5.97 Å². The molecule has 0 aliphatic carbocycles. The average Bonchev–Trinajstić information content (AvgIpc) is 2.16. The van der Waals surface area contributed by atoms with Crippen molar-refractivity contribution in [3.05, 3.63) is 34.4 Å². The quantitative estimate of drug-likeness (QED) is 0.713. The molecular weight excluding hydrogens is 182 g/mol. The molecule has 0 fully saturated rings. The Morgan fingerprint density at radius 1 is 1.57 bits per heavy atom. The van der Waals surface area contributed by atoms with Gasteiger partial charge in [-0.15, -0.1) is 0 Å². The van der Waals surface area contributed by atoms with Crippen LogP contribution >= 0.6 is 0 Å². The van der Waals surface area contributed by atoms with Gasteiger partial charge in [-0.25, -0.2) is 4.79 Å². The second-order valence-electron chi connectivity index (χ2n) is 2.74. The number of carbonyl (C=O) groups excluding carboxylic acids is 1. The topological polar surface area (TPSA) is 78.2 Å². The lowest BCUT2D eigenvalue weighted by Crippen LogP contribution is -2.03. The van der Waals surface area contributed by atoms with Gasteiger partial charge in [-0.2, -0.15) is 5.26 Å². The molecule has 0 saturated carbocycles. The zero-order chi connectivity index (χ0) is 10.7. The molecule has 0 amide bonds. The van der Waals surface area contributed by atoms with Gasteiger partial charge in [0.05, 0.1) is 11.1 Å². The van der Waals surface area contributed by atoms with Crippen LogP contribution in [0.5, 0.6) is 0 Å². The molecule has 0 bridgehead atoms. The van der Waals surface area contributed by atoms with Crippen LogP contribution in [0, 0.1) is 18.3 Å². The van der Waals surface area contributed by atoms with E-state index in [4.69, 9.17) is 10.4 Å². The van der Waals surface area contributed by atoms with Crippen LogP contribution < -0.4 is 0 Å². The number of carboxylic acids is 1. The number of aromatic carboxylic acids is 1. The molecule has 4 nitrogen and oxygen atoms in total. The molecule has 14 heavy (non-hydrogen) atoms. The van der Waals surface area contributed by atoms with E-state index in [1.807, 2.05) is 6.07 Å². The van der Waals surface area contributed by atoms with E-state index in [0.29, 0.717) is 11.8 Å². The predicted octanol–water partition coefficient (Wildman–Crippen LogP) is 1.38. The van der Waals surface area contributed by atoms with Crippen molar-refractivity contribution in [2.24, 2.45) is 0 Å². The number of aldehydes is 1. The third-order valence-corrected chi connectivity index (χ3v) is 1.97. The van der Waals surface area contributed by atoms with E-state index in [1.54, 1.807) is 0 Å². The van der Waals surface area contributed by atoms with E-state index >= 15 is 0 Å². The first kappa shape index (κ1) is 9.93. The molecular formula is C10H7NO3. The summed E-state index contributed by atoms with van der Waals surface area (Å²) in [7, 11) is 0. The van der Waals surface area contributed by atoms with Crippen molar-refractivity contribution in [3.63, 3.8) is 0 Å². The van der Waals surface area contributed by atoms with E-state index in [1.165, 1.54) is 19.1 Å². The molecule has 0 aromatic heterocycles. The van der Waals surface area contributed by atoms with Crippen molar-refractivity contribution in [1.82, 2.24) is 0 Å². The van der Waals surface area contributed by atoms with Crippen LogP contribution in [0.4, 0.5) is 0 Å². The first-order valence-corrected chi connectivity index (χ1v) is 3.84. The number of rotatable bonds is 2. The first-order chi connectivity index (χ1) is 6.61. The van der Waals surface area contributed by atoms with Gasteiger partial charge in [-0.1, -0.05) is 0 Å². The molecule has 0 heterocycles. The lowest BCUT2D eigenvalue weighted by Gasteiger charge is -2.04. The molecule has 0 aliphatic heterocycles. The molecule has 1 aromatic rings. The average molecular weight is 189 g/mol. The monoisotopic (exact) mass is 189 g/mol.